The quantitative estimate of drug-likeness (QED) is 0.648. The van der Waals surface area contributed by atoms with Crippen molar-refractivity contribution in [3.8, 4) is 0 Å². The van der Waals surface area contributed by atoms with Crippen molar-refractivity contribution in [3.05, 3.63) is 0 Å². The van der Waals surface area contributed by atoms with Crippen LogP contribution in [0.15, 0.2) is 0 Å². The first-order chi connectivity index (χ1) is 5.21. The fraction of sp³-hybridized carbons (Fsp3) is 1.00. The summed E-state index contributed by atoms with van der Waals surface area (Å²) in [4.78, 5) is 0. The van der Waals surface area contributed by atoms with E-state index in [0.717, 1.165) is 6.92 Å². The predicted octanol–water partition coefficient (Wildman–Crippen LogP) is 0.987. The number of aliphatic hydroxyl groups excluding tert-OH is 1. The van der Waals surface area contributed by atoms with Crippen LogP contribution in [0.25, 0.3) is 0 Å². The highest BCUT2D eigenvalue weighted by atomic mass is 19.3. The smallest absolute Gasteiger partial charge is 0.309 e. The second-order valence-corrected chi connectivity index (χ2v) is 3.05. The molecular weight excluding hydrogens is 178 g/mol. The minimum absolute atomic E-state index is 0.755. The fourth-order valence-corrected chi connectivity index (χ4v) is 0.671. The van der Waals surface area contributed by atoms with E-state index in [-0.39, 0.29) is 0 Å². The summed E-state index contributed by atoms with van der Waals surface area (Å²) in [5.41, 5.74) is 3.41. The normalized spacial score (nSPS) is 18.0. The van der Waals surface area contributed by atoms with Gasteiger partial charge in [0.05, 0.1) is 6.61 Å². The van der Waals surface area contributed by atoms with E-state index in [1.54, 1.807) is 0 Å². The number of hydrogen-bond donors (Lipinski definition) is 2. The van der Waals surface area contributed by atoms with Crippen molar-refractivity contribution < 1.29 is 22.7 Å². The van der Waals surface area contributed by atoms with Crippen LogP contribution in [0.3, 0.4) is 0 Å². The molecule has 0 aromatic carbocycles. The van der Waals surface area contributed by atoms with Crippen LogP contribution in [0.5, 0.6) is 0 Å². The minimum atomic E-state index is -4.13. The van der Waals surface area contributed by atoms with Gasteiger partial charge in [0, 0.05) is 12.0 Å². The second-order valence-electron chi connectivity index (χ2n) is 3.05. The highest BCUT2D eigenvalue weighted by Gasteiger charge is 2.45. The van der Waals surface area contributed by atoms with E-state index < -0.39 is 30.9 Å². The monoisotopic (exact) mass is 189 g/mol. The molecule has 0 aliphatic heterocycles. The summed E-state index contributed by atoms with van der Waals surface area (Å²) in [6, 6.07) is 0. The Morgan fingerprint density at radius 1 is 1.42 bits per heavy atom. The van der Waals surface area contributed by atoms with Gasteiger partial charge in [0.1, 0.15) is 0 Å². The molecule has 3 N–H and O–H groups in total. The summed E-state index contributed by atoms with van der Waals surface area (Å²) < 4.78 is 47.8. The van der Waals surface area contributed by atoms with Crippen LogP contribution < -0.4 is 5.73 Å². The minimum Gasteiger partial charge on any atom is -0.394 e. The summed E-state index contributed by atoms with van der Waals surface area (Å²) in [5.74, 6) is -4.13. The highest BCUT2D eigenvalue weighted by Crippen LogP contribution is 2.30. The third-order valence-corrected chi connectivity index (χ3v) is 1.32. The second kappa shape index (κ2) is 3.57. The van der Waals surface area contributed by atoms with Gasteiger partial charge in [-0.25, -0.2) is 17.6 Å². The summed E-state index contributed by atoms with van der Waals surface area (Å²) in [6.07, 6.45) is -4.97. The Kier molecular flexibility index (Phi) is 3.46. The Hall–Kier alpha value is -0.360. The third kappa shape index (κ3) is 3.36. The van der Waals surface area contributed by atoms with Gasteiger partial charge in [-0.3, -0.25) is 0 Å². The Bertz CT molecular complexity index is 148. The Morgan fingerprint density at radius 3 is 2.08 bits per heavy atom. The summed E-state index contributed by atoms with van der Waals surface area (Å²) >= 11 is 0. The van der Waals surface area contributed by atoms with Crippen LogP contribution in [0, 0.1) is 0 Å². The molecule has 0 amide bonds. The molecule has 0 radical (unpaired) electrons. The maximum atomic E-state index is 12.3. The van der Waals surface area contributed by atoms with Gasteiger partial charge in [-0.1, -0.05) is 0 Å². The van der Waals surface area contributed by atoms with Crippen LogP contribution in [-0.2, 0) is 0 Å². The lowest BCUT2D eigenvalue weighted by Crippen LogP contribution is -2.47. The van der Waals surface area contributed by atoms with Crippen molar-refractivity contribution in [2.24, 2.45) is 5.73 Å². The predicted molar refractivity (Wildman–Crippen MR) is 35.2 cm³/mol. The number of hydrogen-bond acceptors (Lipinski definition) is 2. The lowest BCUT2D eigenvalue weighted by Gasteiger charge is -2.26. The highest BCUT2D eigenvalue weighted by molar-refractivity contribution is 4.86. The molecule has 6 heteroatoms. The van der Waals surface area contributed by atoms with Crippen molar-refractivity contribution in [1.29, 1.82) is 0 Å². The standard InChI is InChI=1S/C6H11F4NO/c1-5(11,3-12)2-6(9,10)4(7)8/h4,12H,2-3,11H2,1H3. The average Bonchev–Trinajstić information content (AvgIpc) is 1.85. The molecule has 0 heterocycles. The molecule has 0 rings (SSSR count). The van der Waals surface area contributed by atoms with Gasteiger partial charge in [0.25, 0.3) is 0 Å². The molecule has 0 bridgehead atoms. The zero-order chi connectivity index (χ0) is 9.99. The van der Waals surface area contributed by atoms with E-state index in [0.29, 0.717) is 0 Å². The van der Waals surface area contributed by atoms with Crippen LogP contribution >= 0.6 is 0 Å². The SMILES string of the molecule is CC(N)(CO)CC(F)(F)C(F)F. The number of alkyl halides is 4. The molecule has 74 valence electrons. The van der Waals surface area contributed by atoms with E-state index in [9.17, 15) is 17.6 Å². The van der Waals surface area contributed by atoms with Crippen molar-refractivity contribution in [1.82, 2.24) is 0 Å². The van der Waals surface area contributed by atoms with Crippen molar-refractivity contribution in [3.63, 3.8) is 0 Å². The van der Waals surface area contributed by atoms with Crippen LogP contribution in [0.4, 0.5) is 17.6 Å². The zero-order valence-electron chi connectivity index (χ0n) is 6.53. The molecule has 1 atom stereocenters. The van der Waals surface area contributed by atoms with E-state index in [2.05, 4.69) is 0 Å². The Balaban J connectivity index is 4.23. The maximum absolute atomic E-state index is 12.3. The van der Waals surface area contributed by atoms with Crippen molar-refractivity contribution >= 4 is 0 Å². The first kappa shape index (κ1) is 11.6. The summed E-state index contributed by atoms with van der Waals surface area (Å²) in [6.45, 7) is 0.332. The molecule has 2 nitrogen and oxygen atoms in total. The molecular formula is C6H11F4NO. The van der Waals surface area contributed by atoms with Gasteiger partial charge in [-0.05, 0) is 6.92 Å². The first-order valence-corrected chi connectivity index (χ1v) is 3.27. The first-order valence-electron chi connectivity index (χ1n) is 3.27. The summed E-state index contributed by atoms with van der Waals surface area (Å²) in [5, 5.41) is 8.44. The molecule has 12 heavy (non-hydrogen) atoms. The van der Waals surface area contributed by atoms with Crippen molar-refractivity contribution in [2.75, 3.05) is 6.61 Å². The van der Waals surface area contributed by atoms with Gasteiger partial charge in [0.15, 0.2) is 0 Å². The van der Waals surface area contributed by atoms with Gasteiger partial charge >= 0.3 is 12.3 Å². The summed E-state index contributed by atoms with van der Waals surface area (Å²) in [7, 11) is 0. The number of rotatable bonds is 4. The van der Waals surface area contributed by atoms with Crippen LogP contribution in [0.1, 0.15) is 13.3 Å². The lowest BCUT2D eigenvalue weighted by molar-refractivity contribution is -0.144. The topological polar surface area (TPSA) is 46.2 Å². The van der Waals surface area contributed by atoms with Gasteiger partial charge in [-0.15, -0.1) is 0 Å². The Morgan fingerprint density at radius 2 is 1.83 bits per heavy atom. The molecule has 1 unspecified atom stereocenters. The van der Waals surface area contributed by atoms with E-state index in [4.69, 9.17) is 10.8 Å². The molecule has 0 saturated carbocycles. The molecule has 0 aliphatic carbocycles. The number of halogens is 4. The maximum Gasteiger partial charge on any atom is 0.309 e. The molecule has 0 saturated heterocycles. The average molecular weight is 189 g/mol. The van der Waals surface area contributed by atoms with E-state index in [1.165, 1.54) is 0 Å². The largest absolute Gasteiger partial charge is 0.394 e. The molecule has 0 aromatic rings. The molecule has 0 spiro atoms. The van der Waals surface area contributed by atoms with E-state index >= 15 is 0 Å². The van der Waals surface area contributed by atoms with Crippen LogP contribution in [-0.4, -0.2) is 29.6 Å². The lowest BCUT2D eigenvalue weighted by atomic mass is 9.96. The molecule has 0 aromatic heterocycles. The number of nitrogens with two attached hydrogens (primary N) is 1. The third-order valence-electron chi connectivity index (χ3n) is 1.32. The molecule has 0 fully saturated rings. The van der Waals surface area contributed by atoms with Gasteiger partial charge in [-0.2, -0.15) is 0 Å². The number of aliphatic hydroxyl groups is 1. The van der Waals surface area contributed by atoms with Gasteiger partial charge in [0.2, 0.25) is 0 Å². The zero-order valence-corrected chi connectivity index (χ0v) is 6.53. The van der Waals surface area contributed by atoms with E-state index in [1.807, 2.05) is 0 Å². The van der Waals surface area contributed by atoms with Crippen molar-refractivity contribution in [2.45, 2.75) is 31.2 Å². The Labute approximate surface area is 67.4 Å². The molecule has 0 aliphatic rings. The van der Waals surface area contributed by atoms with Crippen LogP contribution in [0.2, 0.25) is 0 Å². The van der Waals surface area contributed by atoms with Gasteiger partial charge < -0.3 is 10.8 Å². The fourth-order valence-electron chi connectivity index (χ4n) is 0.671.